The highest BCUT2D eigenvalue weighted by Gasteiger charge is 2.29. The van der Waals surface area contributed by atoms with E-state index in [1.807, 2.05) is 30.3 Å². The van der Waals surface area contributed by atoms with Crippen molar-refractivity contribution in [1.29, 1.82) is 0 Å². The molecular weight excluding hydrogens is 276 g/mol. The molecule has 0 aliphatic carbocycles. The minimum Gasteiger partial charge on any atom is -0.375 e. The third-order valence-corrected chi connectivity index (χ3v) is 5.12. The summed E-state index contributed by atoms with van der Waals surface area (Å²) >= 11 is 0. The van der Waals surface area contributed by atoms with E-state index in [2.05, 4.69) is 4.90 Å². The standard InChI is InChI=1S/C14H22N2O3S/c1-19-14(12-6-3-2-4-7-12)11-16-9-5-8-13(10-16)20(15,17)18/h2-4,6-7,13-14H,5,8-11H2,1H3,(H2,15,17,18). The van der Waals surface area contributed by atoms with E-state index in [1.165, 1.54) is 0 Å². The van der Waals surface area contributed by atoms with E-state index in [9.17, 15) is 8.42 Å². The quantitative estimate of drug-likeness (QED) is 0.884. The van der Waals surface area contributed by atoms with Crippen molar-refractivity contribution in [3.8, 4) is 0 Å². The predicted octanol–water partition coefficient (Wildman–Crippen LogP) is 1.13. The third-order valence-electron chi connectivity index (χ3n) is 3.81. The molecule has 2 atom stereocenters. The summed E-state index contributed by atoms with van der Waals surface area (Å²) in [5.41, 5.74) is 1.10. The van der Waals surface area contributed by atoms with E-state index in [1.54, 1.807) is 7.11 Å². The van der Waals surface area contributed by atoms with Crippen LogP contribution < -0.4 is 5.14 Å². The number of likely N-dealkylation sites (tertiary alicyclic amines) is 1. The molecule has 1 heterocycles. The van der Waals surface area contributed by atoms with Gasteiger partial charge < -0.3 is 4.74 Å². The Morgan fingerprint density at radius 3 is 2.70 bits per heavy atom. The summed E-state index contributed by atoms with van der Waals surface area (Å²) in [6.07, 6.45) is 1.46. The molecule has 6 heteroatoms. The van der Waals surface area contributed by atoms with Gasteiger partial charge in [-0.15, -0.1) is 0 Å². The van der Waals surface area contributed by atoms with Crippen LogP contribution in [0.4, 0.5) is 0 Å². The van der Waals surface area contributed by atoms with Crippen molar-refractivity contribution < 1.29 is 13.2 Å². The topological polar surface area (TPSA) is 72.6 Å². The van der Waals surface area contributed by atoms with Gasteiger partial charge in [-0.2, -0.15) is 0 Å². The van der Waals surface area contributed by atoms with Gasteiger partial charge in [-0.05, 0) is 24.9 Å². The van der Waals surface area contributed by atoms with Crippen molar-refractivity contribution >= 4 is 10.0 Å². The molecule has 0 amide bonds. The lowest BCUT2D eigenvalue weighted by Crippen LogP contribution is -2.46. The van der Waals surface area contributed by atoms with Gasteiger partial charge in [0.1, 0.15) is 0 Å². The van der Waals surface area contributed by atoms with Crippen molar-refractivity contribution in [1.82, 2.24) is 4.90 Å². The first-order chi connectivity index (χ1) is 9.50. The molecule has 2 unspecified atom stereocenters. The van der Waals surface area contributed by atoms with Gasteiger partial charge in [-0.25, -0.2) is 13.6 Å². The van der Waals surface area contributed by atoms with Crippen molar-refractivity contribution in [2.24, 2.45) is 5.14 Å². The van der Waals surface area contributed by atoms with E-state index < -0.39 is 15.3 Å². The maximum atomic E-state index is 11.5. The summed E-state index contributed by atoms with van der Waals surface area (Å²) in [5.74, 6) is 0. The zero-order chi connectivity index (χ0) is 14.6. The number of piperidine rings is 1. The zero-order valence-electron chi connectivity index (χ0n) is 11.7. The highest BCUT2D eigenvalue weighted by molar-refractivity contribution is 7.89. The molecule has 5 nitrogen and oxygen atoms in total. The number of benzene rings is 1. The SMILES string of the molecule is COC(CN1CCCC(S(N)(=O)=O)C1)c1ccccc1. The highest BCUT2D eigenvalue weighted by atomic mass is 32.2. The van der Waals surface area contributed by atoms with Gasteiger partial charge in [0.2, 0.25) is 10.0 Å². The summed E-state index contributed by atoms with van der Waals surface area (Å²) in [6.45, 7) is 2.07. The fourth-order valence-corrected chi connectivity index (χ4v) is 3.58. The Hall–Kier alpha value is -0.950. The van der Waals surface area contributed by atoms with Gasteiger partial charge >= 0.3 is 0 Å². The number of nitrogens with two attached hydrogens (primary N) is 1. The highest BCUT2D eigenvalue weighted by Crippen LogP contribution is 2.21. The van der Waals surface area contributed by atoms with Crippen LogP contribution in [0.2, 0.25) is 0 Å². The van der Waals surface area contributed by atoms with Crippen LogP contribution >= 0.6 is 0 Å². The zero-order valence-corrected chi connectivity index (χ0v) is 12.6. The molecule has 0 aromatic heterocycles. The lowest BCUT2D eigenvalue weighted by atomic mass is 10.1. The molecule has 0 spiro atoms. The average molecular weight is 298 g/mol. The molecule has 112 valence electrons. The Bertz CT molecular complexity index is 518. The Balaban J connectivity index is 2.01. The van der Waals surface area contributed by atoms with Gasteiger partial charge in [0.05, 0.1) is 11.4 Å². The van der Waals surface area contributed by atoms with Crippen LogP contribution in [-0.2, 0) is 14.8 Å². The maximum Gasteiger partial charge on any atom is 0.213 e. The Kier molecular flexibility index (Phi) is 5.15. The van der Waals surface area contributed by atoms with Crippen molar-refractivity contribution in [2.45, 2.75) is 24.2 Å². The largest absolute Gasteiger partial charge is 0.375 e. The first-order valence-corrected chi connectivity index (χ1v) is 8.43. The van der Waals surface area contributed by atoms with Crippen molar-refractivity contribution in [3.63, 3.8) is 0 Å². The summed E-state index contributed by atoms with van der Waals surface area (Å²) in [6, 6.07) is 9.97. The number of sulfonamides is 1. The van der Waals surface area contributed by atoms with Crippen LogP contribution in [-0.4, -0.2) is 45.3 Å². The van der Waals surface area contributed by atoms with Crippen LogP contribution in [0.5, 0.6) is 0 Å². The van der Waals surface area contributed by atoms with E-state index in [0.29, 0.717) is 19.5 Å². The average Bonchev–Trinajstić information content (AvgIpc) is 2.45. The number of primary sulfonamides is 1. The minimum atomic E-state index is -3.45. The molecule has 0 saturated carbocycles. The second-order valence-corrected chi connectivity index (χ2v) is 7.09. The van der Waals surface area contributed by atoms with Gasteiger partial charge in [-0.3, -0.25) is 4.90 Å². The maximum absolute atomic E-state index is 11.5. The molecule has 1 saturated heterocycles. The number of nitrogens with zero attached hydrogens (tertiary/aromatic N) is 1. The molecule has 20 heavy (non-hydrogen) atoms. The molecule has 1 aliphatic rings. The number of hydrogen-bond acceptors (Lipinski definition) is 4. The molecule has 1 aliphatic heterocycles. The smallest absolute Gasteiger partial charge is 0.213 e. The van der Waals surface area contributed by atoms with E-state index in [0.717, 1.165) is 18.5 Å². The van der Waals surface area contributed by atoms with Gasteiger partial charge in [0, 0.05) is 20.2 Å². The summed E-state index contributed by atoms with van der Waals surface area (Å²) in [4.78, 5) is 2.12. The lowest BCUT2D eigenvalue weighted by molar-refractivity contribution is 0.0575. The number of ether oxygens (including phenoxy) is 1. The molecular formula is C14H22N2O3S. The van der Waals surface area contributed by atoms with E-state index in [4.69, 9.17) is 9.88 Å². The fourth-order valence-electron chi connectivity index (χ4n) is 2.67. The van der Waals surface area contributed by atoms with Crippen LogP contribution in [0.1, 0.15) is 24.5 Å². The second-order valence-electron chi connectivity index (χ2n) is 5.25. The Morgan fingerprint density at radius 1 is 1.40 bits per heavy atom. The first-order valence-electron chi connectivity index (χ1n) is 6.82. The van der Waals surface area contributed by atoms with Gasteiger partial charge in [0.15, 0.2) is 0 Å². The van der Waals surface area contributed by atoms with E-state index >= 15 is 0 Å². The fraction of sp³-hybridized carbons (Fsp3) is 0.571. The van der Waals surface area contributed by atoms with Crippen LogP contribution in [0.15, 0.2) is 30.3 Å². The van der Waals surface area contributed by atoms with Gasteiger partial charge in [0.25, 0.3) is 0 Å². The van der Waals surface area contributed by atoms with Crippen LogP contribution in [0, 0.1) is 0 Å². The molecule has 2 N–H and O–H groups in total. The molecule has 1 aromatic carbocycles. The molecule has 0 bridgehead atoms. The van der Waals surface area contributed by atoms with E-state index in [-0.39, 0.29) is 6.10 Å². The summed E-state index contributed by atoms with van der Waals surface area (Å²) < 4.78 is 28.5. The van der Waals surface area contributed by atoms with Crippen LogP contribution in [0.25, 0.3) is 0 Å². The lowest BCUT2D eigenvalue weighted by Gasteiger charge is -2.33. The molecule has 2 rings (SSSR count). The predicted molar refractivity (Wildman–Crippen MR) is 78.8 cm³/mol. The molecule has 0 radical (unpaired) electrons. The second kappa shape index (κ2) is 6.67. The number of rotatable bonds is 5. The van der Waals surface area contributed by atoms with Crippen molar-refractivity contribution in [3.05, 3.63) is 35.9 Å². The first kappa shape index (κ1) is 15.4. The summed E-state index contributed by atoms with van der Waals surface area (Å²) in [7, 11) is -1.77. The Morgan fingerprint density at radius 2 is 2.10 bits per heavy atom. The Labute approximate surface area is 120 Å². The minimum absolute atomic E-state index is 0.0459. The normalized spacial score (nSPS) is 22.6. The van der Waals surface area contributed by atoms with Gasteiger partial charge in [-0.1, -0.05) is 30.3 Å². The summed E-state index contributed by atoms with van der Waals surface area (Å²) in [5, 5.41) is 4.81. The van der Waals surface area contributed by atoms with Crippen molar-refractivity contribution in [2.75, 3.05) is 26.7 Å². The van der Waals surface area contributed by atoms with Crippen LogP contribution in [0.3, 0.4) is 0 Å². The number of hydrogen-bond donors (Lipinski definition) is 1. The molecule has 1 fully saturated rings. The third kappa shape index (κ3) is 4.02. The molecule has 1 aromatic rings. The number of methoxy groups -OCH3 is 1. The monoisotopic (exact) mass is 298 g/mol.